The topological polar surface area (TPSA) is 25.8 Å². The first-order valence-corrected chi connectivity index (χ1v) is 6.46. The van der Waals surface area contributed by atoms with E-state index in [1.165, 1.54) is 0 Å². The van der Waals surface area contributed by atoms with Crippen LogP contribution in [0.4, 0.5) is 4.39 Å². The third kappa shape index (κ3) is 2.53. The van der Waals surface area contributed by atoms with Crippen LogP contribution < -0.4 is 0 Å². The molecule has 3 rings (SSSR count). The van der Waals surface area contributed by atoms with Crippen molar-refractivity contribution in [3.05, 3.63) is 71.9 Å². The van der Waals surface area contributed by atoms with Gasteiger partial charge in [-0.2, -0.15) is 0 Å². The van der Waals surface area contributed by atoms with Gasteiger partial charge < -0.3 is 0 Å². The molecular formula is C16H10ClFN2. The zero-order valence-electron chi connectivity index (χ0n) is 10.4. The second-order valence-corrected chi connectivity index (χ2v) is 4.62. The van der Waals surface area contributed by atoms with Gasteiger partial charge in [0.1, 0.15) is 5.69 Å². The summed E-state index contributed by atoms with van der Waals surface area (Å²) in [6.45, 7) is 0. The number of rotatable bonds is 2. The highest BCUT2D eigenvalue weighted by Gasteiger charge is 2.09. The second-order valence-electron chi connectivity index (χ2n) is 4.28. The Morgan fingerprint density at radius 3 is 2.35 bits per heavy atom. The molecule has 0 N–H and O–H groups in total. The number of aromatic nitrogens is 2. The van der Waals surface area contributed by atoms with Gasteiger partial charge >= 0.3 is 0 Å². The minimum atomic E-state index is -0.486. The fraction of sp³-hybridized carbons (Fsp3) is 0. The average Bonchev–Trinajstić information content (AvgIpc) is 2.51. The van der Waals surface area contributed by atoms with E-state index >= 15 is 0 Å². The first kappa shape index (κ1) is 12.8. The molecule has 0 fully saturated rings. The molecule has 0 saturated heterocycles. The van der Waals surface area contributed by atoms with Crippen LogP contribution in [0.5, 0.6) is 0 Å². The lowest BCUT2D eigenvalue weighted by molar-refractivity contribution is 0.618. The Bertz CT molecular complexity index is 744. The molecule has 0 aliphatic heterocycles. The summed E-state index contributed by atoms with van der Waals surface area (Å²) in [5.41, 5.74) is 2.95. The van der Waals surface area contributed by atoms with Crippen molar-refractivity contribution in [3.63, 3.8) is 0 Å². The fourth-order valence-electron chi connectivity index (χ4n) is 2.02. The van der Waals surface area contributed by atoms with E-state index in [4.69, 9.17) is 11.6 Å². The Hall–Kier alpha value is -2.26. The minimum Gasteiger partial charge on any atom is -0.223 e. The van der Waals surface area contributed by atoms with Crippen LogP contribution in [0, 0.1) is 5.82 Å². The molecule has 4 heteroatoms. The zero-order chi connectivity index (χ0) is 13.9. The highest BCUT2D eigenvalue weighted by atomic mass is 35.5. The summed E-state index contributed by atoms with van der Waals surface area (Å²) in [4.78, 5) is 7.58. The molecule has 1 aromatic heterocycles. The van der Waals surface area contributed by atoms with Gasteiger partial charge in [0.05, 0.1) is 6.20 Å². The first-order valence-electron chi connectivity index (χ1n) is 6.08. The summed E-state index contributed by atoms with van der Waals surface area (Å²) in [5, 5.41) is 0.0338. The smallest absolute Gasteiger partial charge is 0.223 e. The standard InChI is InChI=1S/C16H10ClFN2/c17-16-19-10-14(18)15(20-16)13-8-4-7-12(9-13)11-5-2-1-3-6-11/h1-10H. The molecule has 2 nitrogen and oxygen atoms in total. The van der Waals surface area contributed by atoms with Crippen LogP contribution in [0.2, 0.25) is 5.28 Å². The van der Waals surface area contributed by atoms with Crippen molar-refractivity contribution >= 4 is 11.6 Å². The van der Waals surface area contributed by atoms with Gasteiger partial charge in [-0.05, 0) is 28.8 Å². The lowest BCUT2D eigenvalue weighted by Gasteiger charge is -2.06. The van der Waals surface area contributed by atoms with E-state index in [1.807, 2.05) is 48.5 Å². The highest BCUT2D eigenvalue weighted by Crippen LogP contribution is 2.27. The van der Waals surface area contributed by atoms with Gasteiger partial charge in [-0.3, -0.25) is 0 Å². The summed E-state index contributed by atoms with van der Waals surface area (Å²) in [5.74, 6) is -0.486. The van der Waals surface area contributed by atoms with Gasteiger partial charge in [0.15, 0.2) is 5.82 Å². The molecule has 0 unspecified atom stereocenters. The Morgan fingerprint density at radius 1 is 0.850 bits per heavy atom. The lowest BCUT2D eigenvalue weighted by Crippen LogP contribution is -1.92. The third-order valence-electron chi connectivity index (χ3n) is 2.96. The SMILES string of the molecule is Fc1cnc(Cl)nc1-c1cccc(-c2ccccc2)c1. The fourth-order valence-corrected chi connectivity index (χ4v) is 2.16. The Labute approximate surface area is 120 Å². The van der Waals surface area contributed by atoms with Gasteiger partial charge in [-0.1, -0.05) is 48.5 Å². The summed E-state index contributed by atoms with van der Waals surface area (Å²) >= 11 is 5.73. The molecule has 0 amide bonds. The Kier molecular flexibility index (Phi) is 3.44. The minimum absolute atomic E-state index is 0.0338. The summed E-state index contributed by atoms with van der Waals surface area (Å²) < 4.78 is 13.8. The molecule has 98 valence electrons. The molecule has 0 aliphatic rings. The van der Waals surface area contributed by atoms with Crippen LogP contribution in [-0.4, -0.2) is 9.97 Å². The van der Waals surface area contributed by atoms with Crippen molar-refractivity contribution in [2.24, 2.45) is 0 Å². The van der Waals surface area contributed by atoms with Crippen LogP contribution in [0.25, 0.3) is 22.4 Å². The third-order valence-corrected chi connectivity index (χ3v) is 3.14. The first-order chi connectivity index (χ1) is 9.74. The van der Waals surface area contributed by atoms with Crippen molar-refractivity contribution in [3.8, 4) is 22.4 Å². The quantitative estimate of drug-likeness (QED) is 0.643. The monoisotopic (exact) mass is 284 g/mol. The number of benzene rings is 2. The predicted molar refractivity (Wildman–Crippen MR) is 77.9 cm³/mol. The molecule has 2 aromatic carbocycles. The normalized spacial score (nSPS) is 10.5. The molecule has 3 aromatic rings. The van der Waals surface area contributed by atoms with Crippen LogP contribution >= 0.6 is 11.6 Å². The van der Waals surface area contributed by atoms with E-state index in [9.17, 15) is 4.39 Å². The number of hydrogen-bond donors (Lipinski definition) is 0. The zero-order valence-corrected chi connectivity index (χ0v) is 11.2. The summed E-state index contributed by atoms with van der Waals surface area (Å²) in [6.07, 6.45) is 1.08. The van der Waals surface area contributed by atoms with E-state index in [2.05, 4.69) is 9.97 Å². The van der Waals surface area contributed by atoms with Crippen molar-refractivity contribution in [2.75, 3.05) is 0 Å². The van der Waals surface area contributed by atoms with Gasteiger partial charge in [-0.15, -0.1) is 0 Å². The maximum absolute atomic E-state index is 13.8. The van der Waals surface area contributed by atoms with Crippen molar-refractivity contribution in [1.29, 1.82) is 0 Å². The second kappa shape index (κ2) is 5.39. The number of nitrogens with zero attached hydrogens (tertiary/aromatic N) is 2. The molecule has 20 heavy (non-hydrogen) atoms. The molecule has 0 atom stereocenters. The lowest BCUT2D eigenvalue weighted by atomic mass is 10.0. The van der Waals surface area contributed by atoms with E-state index < -0.39 is 5.82 Å². The molecular weight excluding hydrogens is 275 g/mol. The van der Waals surface area contributed by atoms with Gasteiger partial charge in [0.2, 0.25) is 5.28 Å². The molecule has 0 spiro atoms. The van der Waals surface area contributed by atoms with Gasteiger partial charge in [0, 0.05) is 5.56 Å². The average molecular weight is 285 g/mol. The van der Waals surface area contributed by atoms with Crippen LogP contribution in [-0.2, 0) is 0 Å². The largest absolute Gasteiger partial charge is 0.223 e. The van der Waals surface area contributed by atoms with E-state index in [-0.39, 0.29) is 11.0 Å². The van der Waals surface area contributed by atoms with Crippen molar-refractivity contribution in [2.45, 2.75) is 0 Å². The van der Waals surface area contributed by atoms with Crippen LogP contribution in [0.1, 0.15) is 0 Å². The molecule has 0 aliphatic carbocycles. The van der Waals surface area contributed by atoms with Crippen LogP contribution in [0.3, 0.4) is 0 Å². The van der Waals surface area contributed by atoms with Crippen molar-refractivity contribution in [1.82, 2.24) is 9.97 Å². The van der Waals surface area contributed by atoms with Gasteiger partial charge in [0.25, 0.3) is 0 Å². The summed E-state index contributed by atoms with van der Waals surface area (Å²) in [7, 11) is 0. The maximum atomic E-state index is 13.8. The molecule has 0 saturated carbocycles. The Balaban J connectivity index is 2.10. The maximum Gasteiger partial charge on any atom is 0.223 e. The Morgan fingerprint density at radius 2 is 1.55 bits per heavy atom. The number of hydrogen-bond acceptors (Lipinski definition) is 2. The molecule has 0 radical (unpaired) electrons. The van der Waals surface area contributed by atoms with E-state index in [1.54, 1.807) is 6.07 Å². The number of halogens is 2. The molecule has 1 heterocycles. The van der Waals surface area contributed by atoms with Crippen molar-refractivity contribution < 1.29 is 4.39 Å². The van der Waals surface area contributed by atoms with Gasteiger partial charge in [-0.25, -0.2) is 14.4 Å². The van der Waals surface area contributed by atoms with E-state index in [0.717, 1.165) is 17.3 Å². The van der Waals surface area contributed by atoms with Crippen LogP contribution in [0.15, 0.2) is 60.8 Å². The highest BCUT2D eigenvalue weighted by molar-refractivity contribution is 6.28. The summed E-state index contributed by atoms with van der Waals surface area (Å²) in [6, 6.07) is 17.4. The van der Waals surface area contributed by atoms with E-state index in [0.29, 0.717) is 5.56 Å². The molecule has 0 bridgehead atoms. The predicted octanol–water partition coefficient (Wildman–Crippen LogP) is 4.60.